The maximum absolute atomic E-state index is 10.2. The lowest BCUT2D eigenvalue weighted by molar-refractivity contribution is -0.00511. The van der Waals surface area contributed by atoms with Crippen molar-refractivity contribution in [3.63, 3.8) is 0 Å². The molecule has 10 heteroatoms. The first kappa shape index (κ1) is 14.4. The Kier molecular flexibility index (Phi) is 3.69. The van der Waals surface area contributed by atoms with Gasteiger partial charge in [-0.3, -0.25) is 0 Å². The number of aliphatic hydroxyl groups excluding tert-OH is 3. The topological polar surface area (TPSA) is 143 Å². The van der Waals surface area contributed by atoms with Gasteiger partial charge in [-0.05, 0) is 12.7 Å². The minimum Gasteiger partial charge on any atom is -0.396 e. The van der Waals surface area contributed by atoms with Crippen molar-refractivity contribution in [1.29, 1.82) is 0 Å². The summed E-state index contributed by atoms with van der Waals surface area (Å²) in [5.74, 6) is -0.300. The summed E-state index contributed by atoms with van der Waals surface area (Å²) < 4.78 is 1.46. The Morgan fingerprint density at radius 2 is 2.10 bits per heavy atom. The molecular formula is C11H16N6O3S. The van der Waals surface area contributed by atoms with E-state index in [1.54, 1.807) is 0 Å². The molecule has 5 N–H and O–H groups in total. The number of nitrogens with two attached hydrogens (primary N) is 1. The summed E-state index contributed by atoms with van der Waals surface area (Å²) in [7, 11) is 0. The Balaban J connectivity index is 2.07. The second-order valence-electron chi connectivity index (χ2n) is 5.02. The molecule has 2 aromatic rings. The molecule has 21 heavy (non-hydrogen) atoms. The van der Waals surface area contributed by atoms with E-state index >= 15 is 0 Å². The van der Waals surface area contributed by atoms with E-state index in [2.05, 4.69) is 20.3 Å². The number of thioether (sulfide) groups is 1. The van der Waals surface area contributed by atoms with E-state index in [-0.39, 0.29) is 12.6 Å². The smallest absolute Gasteiger partial charge is 0.223 e. The van der Waals surface area contributed by atoms with Crippen LogP contribution in [-0.2, 0) is 0 Å². The van der Waals surface area contributed by atoms with Crippen molar-refractivity contribution < 1.29 is 15.3 Å². The number of aromatic nitrogens is 5. The fourth-order valence-corrected chi connectivity index (χ4v) is 3.22. The highest BCUT2D eigenvalue weighted by molar-refractivity contribution is 7.98. The minimum absolute atomic E-state index is 0.0992. The zero-order valence-electron chi connectivity index (χ0n) is 11.3. The van der Waals surface area contributed by atoms with Gasteiger partial charge in [-0.2, -0.15) is 4.98 Å². The van der Waals surface area contributed by atoms with Crippen LogP contribution in [0.5, 0.6) is 0 Å². The van der Waals surface area contributed by atoms with E-state index in [4.69, 9.17) is 5.73 Å². The molecule has 0 amide bonds. The minimum atomic E-state index is -1.04. The van der Waals surface area contributed by atoms with Crippen LogP contribution >= 0.6 is 11.8 Å². The number of nitrogen functional groups attached to an aromatic ring is 1. The highest BCUT2D eigenvalue weighted by Crippen LogP contribution is 2.36. The van der Waals surface area contributed by atoms with E-state index in [1.807, 2.05) is 6.26 Å². The van der Waals surface area contributed by atoms with Gasteiger partial charge in [-0.15, -0.1) is 16.9 Å². The third-order valence-electron chi connectivity index (χ3n) is 3.82. The molecule has 1 fully saturated rings. The van der Waals surface area contributed by atoms with Crippen LogP contribution < -0.4 is 5.73 Å². The molecule has 3 rings (SSSR count). The van der Waals surface area contributed by atoms with Gasteiger partial charge in [0.05, 0.1) is 12.1 Å². The van der Waals surface area contributed by atoms with E-state index in [1.165, 1.54) is 16.4 Å². The van der Waals surface area contributed by atoms with Gasteiger partial charge in [0.2, 0.25) is 5.95 Å². The van der Waals surface area contributed by atoms with Crippen molar-refractivity contribution >= 4 is 28.9 Å². The summed E-state index contributed by atoms with van der Waals surface area (Å²) in [5, 5.41) is 38.0. The van der Waals surface area contributed by atoms with Gasteiger partial charge >= 0.3 is 0 Å². The average Bonchev–Trinajstić information content (AvgIpc) is 3.01. The Hall–Kier alpha value is -1.49. The van der Waals surface area contributed by atoms with Crippen LogP contribution in [0, 0.1) is 5.92 Å². The lowest BCUT2D eigenvalue weighted by Crippen LogP contribution is -2.30. The SMILES string of the molecule is CSc1nc(N)nc2c1nnn2[C@H]1C[C@@H](CO)[C@H](O)[C@@H]1O. The van der Waals surface area contributed by atoms with Gasteiger partial charge in [0.15, 0.2) is 11.2 Å². The van der Waals surface area contributed by atoms with Gasteiger partial charge in [-0.25, -0.2) is 9.67 Å². The molecular weight excluding hydrogens is 296 g/mol. The first-order chi connectivity index (χ1) is 10.1. The predicted octanol–water partition coefficient (Wildman–Crippen LogP) is -1.20. The van der Waals surface area contributed by atoms with Crippen molar-refractivity contribution in [2.24, 2.45) is 5.92 Å². The maximum atomic E-state index is 10.2. The number of rotatable bonds is 3. The average molecular weight is 312 g/mol. The van der Waals surface area contributed by atoms with Crippen LogP contribution in [0.15, 0.2) is 5.03 Å². The first-order valence-electron chi connectivity index (χ1n) is 6.46. The maximum Gasteiger partial charge on any atom is 0.223 e. The molecule has 2 heterocycles. The molecule has 0 unspecified atom stereocenters. The van der Waals surface area contributed by atoms with Crippen LogP contribution in [0.25, 0.3) is 11.2 Å². The molecule has 2 aromatic heterocycles. The summed E-state index contributed by atoms with van der Waals surface area (Å²) in [6.45, 7) is -0.200. The quantitative estimate of drug-likeness (QED) is 0.406. The van der Waals surface area contributed by atoms with E-state index in [0.717, 1.165) is 0 Å². The highest BCUT2D eigenvalue weighted by atomic mass is 32.2. The van der Waals surface area contributed by atoms with E-state index < -0.39 is 24.2 Å². The number of fused-ring (bicyclic) bond motifs is 1. The molecule has 0 bridgehead atoms. The summed E-state index contributed by atoms with van der Waals surface area (Å²) in [4.78, 5) is 8.22. The molecule has 1 saturated carbocycles. The molecule has 0 radical (unpaired) electrons. The Morgan fingerprint density at radius 3 is 2.71 bits per heavy atom. The highest BCUT2D eigenvalue weighted by Gasteiger charge is 2.43. The lowest BCUT2D eigenvalue weighted by atomic mass is 10.1. The number of aliphatic hydroxyl groups is 3. The second kappa shape index (κ2) is 5.37. The second-order valence-corrected chi connectivity index (χ2v) is 5.82. The third kappa shape index (κ3) is 2.24. The number of nitrogens with zero attached hydrogens (tertiary/aromatic N) is 5. The molecule has 4 atom stereocenters. The normalized spacial score (nSPS) is 29.3. The van der Waals surface area contributed by atoms with Gasteiger partial charge in [-0.1, -0.05) is 5.21 Å². The third-order valence-corrected chi connectivity index (χ3v) is 4.49. The molecule has 1 aliphatic rings. The molecule has 9 nitrogen and oxygen atoms in total. The van der Waals surface area contributed by atoms with Crippen molar-refractivity contribution in [1.82, 2.24) is 25.0 Å². The van der Waals surface area contributed by atoms with Crippen LogP contribution in [0.1, 0.15) is 12.5 Å². The fraction of sp³-hybridized carbons (Fsp3) is 0.636. The molecule has 0 aromatic carbocycles. The Morgan fingerprint density at radius 1 is 1.33 bits per heavy atom. The zero-order chi connectivity index (χ0) is 15.1. The predicted molar refractivity (Wildman–Crippen MR) is 75.6 cm³/mol. The summed E-state index contributed by atoms with van der Waals surface area (Å²) in [6.07, 6.45) is 0.186. The molecule has 1 aliphatic carbocycles. The van der Waals surface area contributed by atoms with Gasteiger partial charge in [0, 0.05) is 12.5 Å². The van der Waals surface area contributed by atoms with Gasteiger partial charge in [0.1, 0.15) is 11.1 Å². The van der Waals surface area contributed by atoms with Crippen LogP contribution in [0.4, 0.5) is 5.95 Å². The summed E-state index contributed by atoms with van der Waals surface area (Å²) in [5.41, 5.74) is 6.61. The number of anilines is 1. The van der Waals surface area contributed by atoms with E-state index in [0.29, 0.717) is 22.6 Å². The standard InChI is InChI=1S/C11H16N6O3S/c1-21-10-6-9(13-11(12)14-10)17(16-15-6)5-2-4(3-18)7(19)8(5)20/h4-5,7-8,18-20H,2-3H2,1H3,(H2,12,13,14)/t4-,5-,7-,8+/m0/s1. The summed E-state index contributed by atoms with van der Waals surface area (Å²) in [6, 6.07) is -0.508. The van der Waals surface area contributed by atoms with Crippen molar-refractivity contribution in [3.8, 4) is 0 Å². The lowest BCUT2D eigenvalue weighted by Gasteiger charge is -2.16. The van der Waals surface area contributed by atoms with Crippen molar-refractivity contribution in [3.05, 3.63) is 0 Å². The molecule has 0 aliphatic heterocycles. The largest absolute Gasteiger partial charge is 0.396 e. The Bertz CT molecular complexity index is 665. The van der Waals surface area contributed by atoms with Crippen LogP contribution in [0.2, 0.25) is 0 Å². The van der Waals surface area contributed by atoms with E-state index in [9.17, 15) is 15.3 Å². The first-order valence-corrected chi connectivity index (χ1v) is 7.68. The number of hydrogen-bond acceptors (Lipinski definition) is 9. The van der Waals surface area contributed by atoms with Crippen LogP contribution in [-0.4, -0.2) is 65.4 Å². The summed E-state index contributed by atoms with van der Waals surface area (Å²) >= 11 is 1.38. The molecule has 114 valence electrons. The van der Waals surface area contributed by atoms with Crippen LogP contribution in [0.3, 0.4) is 0 Å². The van der Waals surface area contributed by atoms with Gasteiger partial charge in [0.25, 0.3) is 0 Å². The fourth-order valence-electron chi connectivity index (χ4n) is 2.71. The van der Waals surface area contributed by atoms with Crippen molar-refractivity contribution in [2.75, 3.05) is 18.6 Å². The van der Waals surface area contributed by atoms with Crippen molar-refractivity contribution in [2.45, 2.75) is 29.7 Å². The molecule has 0 spiro atoms. The Labute approximate surface area is 124 Å². The van der Waals surface area contributed by atoms with Gasteiger partial charge < -0.3 is 21.1 Å². The molecule has 0 saturated heterocycles. The zero-order valence-corrected chi connectivity index (χ0v) is 12.1. The monoisotopic (exact) mass is 312 g/mol. The number of hydrogen-bond donors (Lipinski definition) is 4.